The van der Waals surface area contributed by atoms with Crippen molar-refractivity contribution in [3.05, 3.63) is 12.3 Å². The van der Waals surface area contributed by atoms with Gasteiger partial charge in [0.15, 0.2) is 6.10 Å². The van der Waals surface area contributed by atoms with E-state index >= 15 is 0 Å². The van der Waals surface area contributed by atoms with Gasteiger partial charge in [0.2, 0.25) is 0 Å². The lowest BCUT2D eigenvalue weighted by atomic mass is 9.93. The van der Waals surface area contributed by atoms with E-state index in [1.807, 2.05) is 0 Å². The average Bonchev–Trinajstić information content (AvgIpc) is 2.16. The molecule has 3 nitrogen and oxygen atoms in total. The van der Waals surface area contributed by atoms with E-state index in [9.17, 15) is 4.79 Å². The van der Waals surface area contributed by atoms with Gasteiger partial charge in [-0.3, -0.25) is 4.79 Å². The van der Waals surface area contributed by atoms with Crippen LogP contribution in [0, 0.1) is 18.3 Å². The number of ether oxygens (including phenoxy) is 2. The van der Waals surface area contributed by atoms with Crippen molar-refractivity contribution in [1.29, 1.82) is 0 Å². The van der Waals surface area contributed by atoms with Gasteiger partial charge in [-0.1, -0.05) is 12.5 Å². The van der Waals surface area contributed by atoms with Gasteiger partial charge in [-0.15, -0.1) is 6.42 Å². The van der Waals surface area contributed by atoms with Crippen molar-refractivity contribution in [1.82, 2.24) is 0 Å². The number of methoxy groups -OCH3 is 1. The Bertz CT molecular complexity index is 262. The summed E-state index contributed by atoms with van der Waals surface area (Å²) in [5, 5.41) is 0. The molecule has 0 aromatic heterocycles. The van der Waals surface area contributed by atoms with Crippen LogP contribution in [0.4, 0.5) is 0 Å². The van der Waals surface area contributed by atoms with Gasteiger partial charge in [0.05, 0.1) is 18.8 Å². The van der Waals surface area contributed by atoms with E-state index in [4.69, 9.17) is 15.9 Å². The molecular formula is C10H12O3. The fourth-order valence-corrected chi connectivity index (χ4v) is 1.34. The maximum atomic E-state index is 10.9. The lowest BCUT2D eigenvalue weighted by Crippen LogP contribution is -2.32. The molecule has 2 atom stereocenters. The third-order valence-corrected chi connectivity index (χ3v) is 2.12. The molecule has 1 aliphatic heterocycles. The predicted molar refractivity (Wildman–Crippen MR) is 47.6 cm³/mol. The molecule has 1 aliphatic rings. The Balaban J connectivity index is 2.69. The summed E-state index contributed by atoms with van der Waals surface area (Å²) < 4.78 is 9.93. The van der Waals surface area contributed by atoms with Gasteiger partial charge in [-0.25, -0.2) is 0 Å². The quantitative estimate of drug-likeness (QED) is 0.362. The number of terminal acetylenes is 1. The molecule has 0 saturated carbocycles. The molecule has 13 heavy (non-hydrogen) atoms. The molecule has 0 bridgehead atoms. The Labute approximate surface area is 77.7 Å². The Morgan fingerprint density at radius 1 is 1.85 bits per heavy atom. The number of esters is 1. The van der Waals surface area contributed by atoms with E-state index in [0.29, 0.717) is 18.6 Å². The molecule has 1 heterocycles. The standard InChI is InChI=1S/C10H12O3/c1-4-9-8(7(2)12-3)5-6-10(11)13-9/h1,8-9H,2,5-6H2,3H3. The minimum Gasteiger partial charge on any atom is -0.501 e. The average molecular weight is 180 g/mol. The largest absolute Gasteiger partial charge is 0.501 e. The van der Waals surface area contributed by atoms with E-state index in [0.717, 1.165) is 0 Å². The van der Waals surface area contributed by atoms with Gasteiger partial charge < -0.3 is 9.47 Å². The second kappa shape index (κ2) is 3.99. The van der Waals surface area contributed by atoms with Crippen LogP contribution in [0.2, 0.25) is 0 Å². The highest BCUT2D eigenvalue weighted by atomic mass is 16.5. The minimum absolute atomic E-state index is 0.0623. The second-order valence-electron chi connectivity index (χ2n) is 2.89. The van der Waals surface area contributed by atoms with Gasteiger partial charge in [-0.2, -0.15) is 0 Å². The highest BCUT2D eigenvalue weighted by molar-refractivity contribution is 5.70. The van der Waals surface area contributed by atoms with Crippen molar-refractivity contribution in [2.45, 2.75) is 18.9 Å². The number of carbonyl (C=O) groups excluding carboxylic acids is 1. The van der Waals surface area contributed by atoms with Crippen molar-refractivity contribution in [3.63, 3.8) is 0 Å². The first-order chi connectivity index (χ1) is 6.19. The summed E-state index contributed by atoms with van der Waals surface area (Å²) in [7, 11) is 1.53. The Kier molecular flexibility index (Phi) is 2.97. The SMILES string of the molecule is C#CC1OC(=O)CCC1C(=C)OC. The van der Waals surface area contributed by atoms with Crippen LogP contribution >= 0.6 is 0 Å². The van der Waals surface area contributed by atoms with E-state index in [-0.39, 0.29) is 11.9 Å². The fraction of sp³-hybridized carbons (Fsp3) is 0.500. The highest BCUT2D eigenvalue weighted by Crippen LogP contribution is 2.27. The summed E-state index contributed by atoms with van der Waals surface area (Å²) >= 11 is 0. The summed E-state index contributed by atoms with van der Waals surface area (Å²) in [6.07, 6.45) is 5.74. The topological polar surface area (TPSA) is 35.5 Å². The lowest BCUT2D eigenvalue weighted by Gasteiger charge is -2.27. The van der Waals surface area contributed by atoms with Gasteiger partial charge in [0.25, 0.3) is 0 Å². The van der Waals surface area contributed by atoms with Crippen LogP contribution in [0.25, 0.3) is 0 Å². The summed E-state index contributed by atoms with van der Waals surface area (Å²) in [4.78, 5) is 10.9. The number of carbonyl (C=O) groups is 1. The molecule has 0 aromatic rings. The Morgan fingerprint density at radius 3 is 3.08 bits per heavy atom. The van der Waals surface area contributed by atoms with Crippen LogP contribution in [0.15, 0.2) is 12.3 Å². The number of cyclic esters (lactones) is 1. The van der Waals surface area contributed by atoms with Crippen molar-refractivity contribution in [2.24, 2.45) is 5.92 Å². The van der Waals surface area contributed by atoms with Crippen molar-refractivity contribution in [2.75, 3.05) is 7.11 Å². The normalized spacial score (nSPS) is 27.2. The van der Waals surface area contributed by atoms with Crippen molar-refractivity contribution < 1.29 is 14.3 Å². The Morgan fingerprint density at radius 2 is 2.54 bits per heavy atom. The van der Waals surface area contributed by atoms with Crippen LogP contribution in [0.5, 0.6) is 0 Å². The van der Waals surface area contributed by atoms with E-state index in [1.54, 1.807) is 0 Å². The molecule has 0 spiro atoms. The fourth-order valence-electron chi connectivity index (χ4n) is 1.34. The molecule has 2 unspecified atom stereocenters. The van der Waals surface area contributed by atoms with Gasteiger partial charge >= 0.3 is 5.97 Å². The first-order valence-electron chi connectivity index (χ1n) is 4.07. The van der Waals surface area contributed by atoms with Crippen LogP contribution in [-0.4, -0.2) is 19.2 Å². The molecule has 1 saturated heterocycles. The molecule has 0 aliphatic carbocycles. The molecule has 1 rings (SSSR count). The highest BCUT2D eigenvalue weighted by Gasteiger charge is 2.31. The molecule has 0 aromatic carbocycles. The third kappa shape index (κ3) is 2.03. The summed E-state index contributed by atoms with van der Waals surface area (Å²) in [5.41, 5.74) is 0. The number of hydrogen-bond donors (Lipinski definition) is 0. The zero-order valence-electron chi connectivity index (χ0n) is 7.58. The number of rotatable bonds is 2. The van der Waals surface area contributed by atoms with Crippen LogP contribution in [-0.2, 0) is 14.3 Å². The van der Waals surface area contributed by atoms with Gasteiger partial charge in [0.1, 0.15) is 0 Å². The van der Waals surface area contributed by atoms with E-state index in [1.165, 1.54) is 7.11 Å². The predicted octanol–water partition coefficient (Wildman–Crippen LogP) is 1.10. The zero-order chi connectivity index (χ0) is 9.84. The maximum Gasteiger partial charge on any atom is 0.307 e. The van der Waals surface area contributed by atoms with Crippen molar-refractivity contribution >= 4 is 5.97 Å². The van der Waals surface area contributed by atoms with Gasteiger partial charge in [0, 0.05) is 6.42 Å². The van der Waals surface area contributed by atoms with Gasteiger partial charge in [-0.05, 0) is 6.42 Å². The summed E-state index contributed by atoms with van der Waals surface area (Å²) in [5.74, 6) is 2.69. The molecule has 0 amide bonds. The smallest absolute Gasteiger partial charge is 0.307 e. The molecule has 70 valence electrons. The van der Waals surface area contributed by atoms with Crippen LogP contribution in [0.1, 0.15) is 12.8 Å². The monoisotopic (exact) mass is 180 g/mol. The van der Waals surface area contributed by atoms with Crippen LogP contribution < -0.4 is 0 Å². The van der Waals surface area contributed by atoms with E-state index in [2.05, 4.69) is 12.5 Å². The number of hydrogen-bond acceptors (Lipinski definition) is 3. The molecule has 0 radical (unpaired) electrons. The Hall–Kier alpha value is -1.43. The third-order valence-electron chi connectivity index (χ3n) is 2.12. The molecular weight excluding hydrogens is 168 g/mol. The molecule has 0 N–H and O–H groups in total. The van der Waals surface area contributed by atoms with E-state index < -0.39 is 6.10 Å². The molecule has 1 fully saturated rings. The summed E-state index contributed by atoms with van der Waals surface area (Å²) in [6.45, 7) is 3.71. The second-order valence-corrected chi connectivity index (χ2v) is 2.89. The summed E-state index contributed by atoms with van der Waals surface area (Å²) in [6, 6.07) is 0. The zero-order valence-corrected chi connectivity index (χ0v) is 7.58. The van der Waals surface area contributed by atoms with Crippen LogP contribution in [0.3, 0.4) is 0 Å². The first-order valence-corrected chi connectivity index (χ1v) is 4.07. The minimum atomic E-state index is -0.520. The maximum absolute atomic E-state index is 10.9. The first kappa shape index (κ1) is 9.66. The molecule has 3 heteroatoms. The van der Waals surface area contributed by atoms with Crippen molar-refractivity contribution in [3.8, 4) is 12.3 Å². The lowest BCUT2D eigenvalue weighted by molar-refractivity contribution is -0.153.